The van der Waals surface area contributed by atoms with Crippen molar-refractivity contribution in [2.45, 2.75) is 58.3 Å². The van der Waals surface area contributed by atoms with E-state index in [0.29, 0.717) is 6.42 Å². The Labute approximate surface area is 182 Å². The van der Waals surface area contributed by atoms with Gasteiger partial charge in [0.05, 0.1) is 0 Å². The largest absolute Gasteiger partial charge is 0.509 e. The predicted octanol–water partition coefficient (Wildman–Crippen LogP) is 5.13. The number of hydrogen-bond acceptors (Lipinski definition) is 6. The Kier molecular flexibility index (Phi) is 10.6. The molecule has 0 fully saturated rings. The Bertz CT molecular complexity index is 809. The van der Waals surface area contributed by atoms with Crippen LogP contribution in [0.1, 0.15) is 50.2 Å². The number of carbonyl (C=O) groups excluding carboxylic acids is 3. The van der Waals surface area contributed by atoms with Crippen molar-refractivity contribution in [3.05, 3.63) is 71.8 Å². The molecule has 0 radical (unpaired) electrons. The summed E-state index contributed by atoms with van der Waals surface area (Å²) in [7, 11) is 0. The number of alkyl carbamates (subject to hydrolysis) is 1. The molecule has 2 aromatic rings. The van der Waals surface area contributed by atoms with Gasteiger partial charge < -0.3 is 14.2 Å². The molecule has 0 heterocycles. The summed E-state index contributed by atoms with van der Waals surface area (Å²) in [5.74, 6) is -0.730. The molecule has 0 aliphatic rings. The first-order chi connectivity index (χ1) is 15.1. The van der Waals surface area contributed by atoms with Crippen LogP contribution >= 0.6 is 0 Å². The second kappa shape index (κ2) is 13.8. The lowest BCUT2D eigenvalue weighted by Crippen LogP contribution is -2.41. The minimum absolute atomic E-state index is 0.0289. The number of rotatable bonds is 11. The fraction of sp³-hybridized carbons (Fsp3) is 0.375. The molecule has 0 spiro atoms. The Morgan fingerprint density at radius 1 is 0.806 bits per heavy atom. The molecule has 0 bridgehead atoms. The highest BCUT2D eigenvalue weighted by molar-refractivity contribution is 5.95. The number of carbonyl (C=O) groups is 3. The predicted molar refractivity (Wildman–Crippen MR) is 115 cm³/mol. The van der Waals surface area contributed by atoms with Crippen LogP contribution < -0.4 is 5.32 Å². The van der Waals surface area contributed by atoms with Crippen LogP contribution in [0.4, 0.5) is 9.59 Å². The second-order valence-electron chi connectivity index (χ2n) is 7.03. The topological polar surface area (TPSA) is 90.9 Å². The first-order valence-electron chi connectivity index (χ1n) is 10.5. The van der Waals surface area contributed by atoms with Crippen molar-refractivity contribution in [3.63, 3.8) is 0 Å². The van der Waals surface area contributed by atoms with Gasteiger partial charge in [-0.2, -0.15) is 0 Å². The number of hydrogen-bond donors (Lipinski definition) is 1. The zero-order chi connectivity index (χ0) is 22.3. The van der Waals surface area contributed by atoms with Crippen molar-refractivity contribution in [2.24, 2.45) is 0 Å². The molecule has 31 heavy (non-hydrogen) atoms. The van der Waals surface area contributed by atoms with Crippen molar-refractivity contribution < 1.29 is 28.6 Å². The molecule has 7 nitrogen and oxygen atoms in total. The summed E-state index contributed by atoms with van der Waals surface area (Å²) < 4.78 is 15.3. The summed E-state index contributed by atoms with van der Waals surface area (Å²) in [6.45, 7) is 2.13. The number of benzene rings is 2. The van der Waals surface area contributed by atoms with E-state index in [1.165, 1.54) is 0 Å². The zero-order valence-electron chi connectivity index (χ0n) is 17.8. The molecule has 0 aliphatic carbocycles. The molecule has 0 saturated heterocycles. The lowest BCUT2D eigenvalue weighted by Gasteiger charge is -2.17. The van der Waals surface area contributed by atoms with Crippen molar-refractivity contribution in [1.82, 2.24) is 5.32 Å². The first kappa shape index (κ1) is 23.9. The van der Waals surface area contributed by atoms with E-state index < -0.39 is 24.3 Å². The van der Waals surface area contributed by atoms with E-state index in [-0.39, 0.29) is 19.6 Å². The van der Waals surface area contributed by atoms with Crippen LogP contribution in [0.2, 0.25) is 0 Å². The Morgan fingerprint density at radius 2 is 1.39 bits per heavy atom. The number of imide groups is 1. The molecular weight excluding hydrogens is 398 g/mol. The first-order valence-corrected chi connectivity index (χ1v) is 10.5. The third-order valence-corrected chi connectivity index (χ3v) is 4.49. The normalized spacial score (nSPS) is 11.3. The third-order valence-electron chi connectivity index (χ3n) is 4.49. The molecule has 2 amide bonds. The highest BCUT2D eigenvalue weighted by Crippen LogP contribution is 2.11. The molecule has 2 aromatic carbocycles. The molecule has 2 rings (SSSR count). The van der Waals surface area contributed by atoms with E-state index in [4.69, 9.17) is 14.2 Å². The highest BCUT2D eigenvalue weighted by Gasteiger charge is 2.25. The number of unbranched alkanes of at least 4 members (excludes halogenated alkanes) is 3. The highest BCUT2D eigenvalue weighted by atomic mass is 16.7. The summed E-state index contributed by atoms with van der Waals surface area (Å²) in [4.78, 5) is 36.5. The molecular formula is C24H29NO6. The molecule has 1 atom stereocenters. The fourth-order valence-electron chi connectivity index (χ4n) is 2.81. The summed E-state index contributed by atoms with van der Waals surface area (Å²) in [6, 6.07) is 18.2. The maximum atomic E-state index is 12.5. The van der Waals surface area contributed by atoms with Gasteiger partial charge in [0.2, 0.25) is 0 Å². The van der Waals surface area contributed by atoms with Gasteiger partial charge in [-0.25, -0.2) is 9.59 Å². The standard InChI is InChI=1S/C24H29NO6/c1-2-3-4-11-16-21(31-24(28)30-18-20-14-9-6-10-15-20)22(26)25-23(27)29-17-19-12-7-5-8-13-19/h5-10,12-15,21H,2-4,11,16-18H2,1H3,(H,25,26,27)/t21-/m0/s1. The van der Waals surface area contributed by atoms with Crippen LogP contribution in [0.5, 0.6) is 0 Å². The lowest BCUT2D eigenvalue weighted by molar-refractivity contribution is -0.130. The van der Waals surface area contributed by atoms with Gasteiger partial charge in [-0.05, 0) is 24.0 Å². The number of nitrogens with one attached hydrogen (secondary N) is 1. The van der Waals surface area contributed by atoms with E-state index in [0.717, 1.165) is 30.4 Å². The van der Waals surface area contributed by atoms with Crippen LogP contribution in [-0.2, 0) is 32.2 Å². The zero-order valence-corrected chi connectivity index (χ0v) is 17.8. The van der Waals surface area contributed by atoms with Gasteiger partial charge in [0.15, 0.2) is 6.10 Å². The van der Waals surface area contributed by atoms with Gasteiger partial charge in [-0.3, -0.25) is 10.1 Å². The maximum Gasteiger partial charge on any atom is 0.509 e. The maximum absolute atomic E-state index is 12.5. The minimum atomic E-state index is -1.13. The molecule has 7 heteroatoms. The molecule has 0 unspecified atom stereocenters. The number of amides is 2. The lowest BCUT2D eigenvalue weighted by atomic mass is 10.1. The average Bonchev–Trinajstić information content (AvgIpc) is 2.79. The van der Waals surface area contributed by atoms with E-state index in [1.54, 1.807) is 12.1 Å². The fourth-order valence-corrected chi connectivity index (χ4v) is 2.81. The van der Waals surface area contributed by atoms with Crippen LogP contribution in [0.25, 0.3) is 0 Å². The van der Waals surface area contributed by atoms with Crippen molar-refractivity contribution in [2.75, 3.05) is 0 Å². The van der Waals surface area contributed by atoms with Gasteiger partial charge in [0, 0.05) is 0 Å². The van der Waals surface area contributed by atoms with Gasteiger partial charge >= 0.3 is 12.2 Å². The molecule has 0 aromatic heterocycles. The van der Waals surface area contributed by atoms with E-state index in [1.807, 2.05) is 48.5 Å². The second-order valence-corrected chi connectivity index (χ2v) is 7.03. The Hall–Kier alpha value is -3.35. The van der Waals surface area contributed by atoms with E-state index in [9.17, 15) is 14.4 Å². The van der Waals surface area contributed by atoms with Gasteiger partial charge in [-0.15, -0.1) is 0 Å². The van der Waals surface area contributed by atoms with Gasteiger partial charge in [0.1, 0.15) is 13.2 Å². The average molecular weight is 427 g/mol. The summed E-state index contributed by atoms with van der Waals surface area (Å²) in [6.07, 6.45) is 0.903. The number of ether oxygens (including phenoxy) is 3. The van der Waals surface area contributed by atoms with Crippen LogP contribution in [0.3, 0.4) is 0 Å². The van der Waals surface area contributed by atoms with Gasteiger partial charge in [0.25, 0.3) is 5.91 Å². The van der Waals surface area contributed by atoms with Crippen molar-refractivity contribution >= 4 is 18.2 Å². The smallest absolute Gasteiger partial charge is 0.444 e. The summed E-state index contributed by atoms with van der Waals surface area (Å²) >= 11 is 0. The van der Waals surface area contributed by atoms with Crippen LogP contribution in [0.15, 0.2) is 60.7 Å². The quantitative estimate of drug-likeness (QED) is 0.395. The van der Waals surface area contributed by atoms with Crippen molar-refractivity contribution in [1.29, 1.82) is 0 Å². The molecule has 0 aliphatic heterocycles. The summed E-state index contributed by atoms with van der Waals surface area (Å²) in [5.41, 5.74) is 1.59. The Balaban J connectivity index is 1.84. The van der Waals surface area contributed by atoms with Crippen molar-refractivity contribution in [3.8, 4) is 0 Å². The monoisotopic (exact) mass is 427 g/mol. The van der Waals surface area contributed by atoms with E-state index in [2.05, 4.69) is 12.2 Å². The van der Waals surface area contributed by atoms with Gasteiger partial charge in [-0.1, -0.05) is 86.8 Å². The molecule has 166 valence electrons. The third kappa shape index (κ3) is 9.80. The van der Waals surface area contributed by atoms with E-state index >= 15 is 0 Å². The minimum Gasteiger partial charge on any atom is -0.444 e. The van der Waals surface area contributed by atoms with Crippen LogP contribution in [-0.4, -0.2) is 24.3 Å². The summed E-state index contributed by atoms with van der Waals surface area (Å²) in [5, 5.41) is 2.14. The van der Waals surface area contributed by atoms with Crippen LogP contribution in [0, 0.1) is 0 Å². The molecule has 1 N–H and O–H groups in total. The SMILES string of the molecule is CCCCCC[C@H](OC(=O)OCc1ccccc1)C(=O)NC(=O)OCc1ccccc1. The Morgan fingerprint density at radius 3 is 1.97 bits per heavy atom. The molecule has 0 saturated carbocycles.